The SMILES string of the molecule is CO[C@H]1CC2CC[C@@H](C)[C@@](O)(O2)C(=O)C(=O)N2CCCCC2C(=O)O[C@H]([C@H](C)C[C@@H]2CCC(N[P+](C)=O)[C@H](OC)C2)CC(=O)[C@H](C)/C=C(\C)[C@@H](O)[C@@H](OC)C(=O)[C@H](C)C[C@H](C)/C=C/C=C/C=C/1C. The van der Waals surface area contributed by atoms with E-state index in [1.165, 1.54) is 12.0 Å². The maximum atomic E-state index is 14.5. The van der Waals surface area contributed by atoms with Gasteiger partial charge in [-0.1, -0.05) is 75.6 Å². The Morgan fingerprint density at radius 3 is 2.28 bits per heavy atom. The van der Waals surface area contributed by atoms with Gasteiger partial charge in [0.15, 0.2) is 12.4 Å². The van der Waals surface area contributed by atoms with Crippen molar-refractivity contribution in [2.45, 2.75) is 180 Å². The average molecular weight is 974 g/mol. The number of allylic oxidation sites excluding steroid dienone is 6. The summed E-state index contributed by atoms with van der Waals surface area (Å²) in [6.07, 6.45) is 12.2. The fourth-order valence-corrected chi connectivity index (χ4v) is 11.3. The molecule has 16 heteroatoms. The van der Waals surface area contributed by atoms with Crippen LogP contribution in [0.25, 0.3) is 0 Å². The molecule has 16 atom stereocenters. The number of hydrogen-bond acceptors (Lipinski definition) is 13. The smallest absolute Gasteiger partial charge is 0.429 e. The summed E-state index contributed by atoms with van der Waals surface area (Å²) < 4.78 is 41.8. The lowest BCUT2D eigenvalue weighted by Crippen LogP contribution is -2.61. The zero-order valence-electron chi connectivity index (χ0n) is 42.5. The molecule has 15 nitrogen and oxygen atoms in total. The van der Waals surface area contributed by atoms with Crippen molar-refractivity contribution in [3.05, 3.63) is 47.6 Å². The molecule has 1 aliphatic carbocycles. The first-order chi connectivity index (χ1) is 32.1. The number of Topliss-reactive ketones (excluding diaryl/α,β-unsaturated/α-hetero) is 3. The Morgan fingerprint density at radius 2 is 1.62 bits per heavy atom. The number of amides is 1. The molecule has 1 amide bonds. The highest BCUT2D eigenvalue weighted by molar-refractivity contribution is 7.41. The summed E-state index contributed by atoms with van der Waals surface area (Å²) in [6, 6.07) is -1.22. The molecule has 1 saturated carbocycles. The van der Waals surface area contributed by atoms with Gasteiger partial charge in [0.05, 0.1) is 24.4 Å². The molecular formula is C52H82N2O13P+. The molecule has 0 aromatic heterocycles. The van der Waals surface area contributed by atoms with E-state index < -0.39 is 85.7 Å². The number of ketones is 3. The summed E-state index contributed by atoms with van der Waals surface area (Å²) in [5, 5.41) is 26.6. The predicted octanol–water partition coefficient (Wildman–Crippen LogP) is 7.15. The lowest BCUT2D eigenvalue weighted by Gasteiger charge is -2.42. The Hall–Kier alpha value is -3.27. The van der Waals surface area contributed by atoms with Gasteiger partial charge in [-0.2, -0.15) is 0 Å². The van der Waals surface area contributed by atoms with E-state index in [2.05, 4.69) is 5.09 Å². The Bertz CT molecular complexity index is 1880. The normalized spacial score (nSPS) is 39.4. The first-order valence-electron chi connectivity index (χ1n) is 24.8. The van der Waals surface area contributed by atoms with Gasteiger partial charge in [-0.05, 0) is 107 Å². The molecule has 382 valence electrons. The molecule has 0 spiro atoms. The van der Waals surface area contributed by atoms with E-state index in [-0.39, 0.29) is 60.9 Å². The number of hydrogen-bond donors (Lipinski definition) is 3. The van der Waals surface area contributed by atoms with E-state index in [0.29, 0.717) is 56.9 Å². The van der Waals surface area contributed by atoms with Crippen molar-refractivity contribution in [3.63, 3.8) is 0 Å². The lowest BCUT2D eigenvalue weighted by atomic mass is 9.78. The molecule has 68 heavy (non-hydrogen) atoms. The zero-order valence-corrected chi connectivity index (χ0v) is 43.4. The fourth-order valence-electron chi connectivity index (χ4n) is 10.5. The number of aliphatic hydroxyl groups excluding tert-OH is 1. The number of ether oxygens (including phenoxy) is 5. The number of piperidine rings is 1. The van der Waals surface area contributed by atoms with Gasteiger partial charge in [0.1, 0.15) is 30.1 Å². The van der Waals surface area contributed by atoms with E-state index in [1.54, 1.807) is 47.7 Å². The van der Waals surface area contributed by atoms with Crippen molar-refractivity contribution in [2.24, 2.45) is 35.5 Å². The third-order valence-corrected chi connectivity index (χ3v) is 15.6. The third-order valence-electron chi connectivity index (χ3n) is 14.9. The first-order valence-corrected chi connectivity index (χ1v) is 26.5. The van der Waals surface area contributed by atoms with Crippen molar-refractivity contribution in [2.75, 3.05) is 34.5 Å². The number of aliphatic hydroxyl groups is 2. The van der Waals surface area contributed by atoms with Crippen molar-refractivity contribution < 1.29 is 62.4 Å². The quantitative estimate of drug-likeness (QED) is 0.0957. The molecular weight excluding hydrogens is 892 g/mol. The van der Waals surface area contributed by atoms with Crippen molar-refractivity contribution in [1.29, 1.82) is 0 Å². The van der Waals surface area contributed by atoms with Crippen molar-refractivity contribution >= 4 is 37.2 Å². The Morgan fingerprint density at radius 1 is 0.897 bits per heavy atom. The Balaban J connectivity index is 1.70. The topological polar surface area (TPSA) is 204 Å². The minimum absolute atomic E-state index is 0.0153. The van der Waals surface area contributed by atoms with Gasteiger partial charge in [0, 0.05) is 58.5 Å². The van der Waals surface area contributed by atoms with Gasteiger partial charge >= 0.3 is 13.9 Å². The molecule has 4 aliphatic rings. The van der Waals surface area contributed by atoms with Crippen LogP contribution in [-0.4, -0.2) is 133 Å². The molecule has 4 unspecified atom stereocenters. The van der Waals surface area contributed by atoms with Gasteiger partial charge in [-0.25, -0.2) is 4.79 Å². The minimum atomic E-state index is -2.43. The van der Waals surface area contributed by atoms with Crippen LogP contribution in [0.15, 0.2) is 47.6 Å². The highest BCUT2D eigenvalue weighted by atomic mass is 31.1. The Kier molecular flexibility index (Phi) is 22.6. The maximum Gasteiger partial charge on any atom is 0.429 e. The molecule has 2 saturated heterocycles. The van der Waals surface area contributed by atoms with E-state index in [1.807, 2.05) is 58.1 Å². The third kappa shape index (κ3) is 15.4. The number of rotatable bonds is 8. The lowest BCUT2D eigenvalue weighted by molar-refractivity contribution is -0.265. The summed E-state index contributed by atoms with van der Waals surface area (Å²) >= 11 is 0. The van der Waals surface area contributed by atoms with Crippen LogP contribution < -0.4 is 5.09 Å². The van der Waals surface area contributed by atoms with E-state index in [9.17, 15) is 38.8 Å². The van der Waals surface area contributed by atoms with Crippen LogP contribution in [0.1, 0.15) is 126 Å². The summed E-state index contributed by atoms with van der Waals surface area (Å²) in [5.74, 6) is -7.97. The number of nitrogens with one attached hydrogen (secondary N) is 1. The van der Waals surface area contributed by atoms with Crippen molar-refractivity contribution in [1.82, 2.24) is 9.99 Å². The molecule has 3 fully saturated rings. The molecule has 3 aliphatic heterocycles. The van der Waals surface area contributed by atoms with Gasteiger partial charge in [0.25, 0.3) is 11.7 Å². The number of fused-ring (bicyclic) bond motifs is 3. The second kappa shape index (κ2) is 26.8. The predicted molar refractivity (Wildman–Crippen MR) is 260 cm³/mol. The van der Waals surface area contributed by atoms with Gasteiger partial charge in [-0.15, -0.1) is 5.09 Å². The number of nitrogens with zero attached hydrogens (tertiary/aromatic N) is 1. The molecule has 0 aromatic carbocycles. The number of methoxy groups -OCH3 is 3. The first kappa shape index (κ1) is 57.3. The van der Waals surface area contributed by atoms with Crippen LogP contribution in [-0.2, 0) is 52.2 Å². The van der Waals surface area contributed by atoms with E-state index >= 15 is 0 Å². The van der Waals surface area contributed by atoms with Crippen LogP contribution in [0.5, 0.6) is 0 Å². The highest BCUT2D eigenvalue weighted by Crippen LogP contribution is 2.38. The highest BCUT2D eigenvalue weighted by Gasteiger charge is 2.53. The van der Waals surface area contributed by atoms with Crippen LogP contribution >= 0.6 is 7.95 Å². The molecule has 3 heterocycles. The minimum Gasteiger partial charge on any atom is -0.460 e. The molecule has 0 aromatic rings. The Labute approximate surface area is 406 Å². The summed E-state index contributed by atoms with van der Waals surface area (Å²) in [5.41, 5.74) is 1.26. The molecule has 0 radical (unpaired) electrons. The standard InChI is InChI=1S/C52H82N2O13P/c1-31-17-13-12-14-18-32(2)43(63-8)29-39-22-20-37(7)52(61,67-39)49(58)50(59)54-24-16-15-19-41(54)51(60)66-44(34(4)27-38-21-23-40(53-68(11)62)45(28-38)64-9)30-42(55)33(3)26-36(6)47(57)48(65-10)46(56)35(5)25-31/h12-14,17-18,26,31,33-35,37-41,43-45,47-48,57,61H,15-16,19-25,27-30H2,1-11H3,(H,53,62)/q+1/b14-12+,17-13+,32-18+,36-26+/t31-,33-,34-,35-,37-,38+,39?,40?,41?,43+,44+,45-,47-,48+,52-/m1/s1. The van der Waals surface area contributed by atoms with E-state index in [0.717, 1.165) is 18.4 Å². The second-order valence-electron chi connectivity index (χ2n) is 20.3. The molecule has 3 N–H and O–H groups in total. The summed E-state index contributed by atoms with van der Waals surface area (Å²) in [7, 11) is 3.00. The fraction of sp³-hybridized carbons (Fsp3) is 0.750. The van der Waals surface area contributed by atoms with Crippen LogP contribution in [0.4, 0.5) is 0 Å². The van der Waals surface area contributed by atoms with Gasteiger partial charge in [-0.3, -0.25) is 19.2 Å². The second-order valence-corrected chi connectivity index (χ2v) is 21.5. The van der Waals surface area contributed by atoms with Gasteiger partial charge < -0.3 is 38.8 Å². The van der Waals surface area contributed by atoms with Crippen LogP contribution in [0.3, 0.4) is 0 Å². The van der Waals surface area contributed by atoms with Crippen LogP contribution in [0.2, 0.25) is 0 Å². The maximum absolute atomic E-state index is 14.5. The average Bonchev–Trinajstić information content (AvgIpc) is 3.30. The van der Waals surface area contributed by atoms with Crippen LogP contribution in [0, 0.1) is 35.5 Å². The summed E-state index contributed by atoms with van der Waals surface area (Å²) in [4.78, 5) is 72.1. The molecule has 4 rings (SSSR count). The van der Waals surface area contributed by atoms with E-state index in [4.69, 9.17) is 23.7 Å². The monoisotopic (exact) mass is 974 g/mol. The largest absolute Gasteiger partial charge is 0.460 e. The number of esters is 1. The zero-order chi connectivity index (χ0) is 50.5. The molecule has 2 bridgehead atoms. The number of carbonyl (C=O) groups is 5. The van der Waals surface area contributed by atoms with Gasteiger partial charge in [0.2, 0.25) is 5.79 Å². The number of carbonyl (C=O) groups excluding carboxylic acids is 5. The number of cyclic esters (lactones) is 1. The summed E-state index contributed by atoms with van der Waals surface area (Å²) in [6.45, 7) is 14.4. The van der Waals surface area contributed by atoms with Crippen molar-refractivity contribution in [3.8, 4) is 0 Å².